The second-order valence-corrected chi connectivity index (χ2v) is 3.61. The Kier molecular flexibility index (Phi) is 3.10. The SMILES string of the molecule is Cc1nnc(NC(=O)c2ccc(N)c([N+](=O)[O-])c2)o1. The molecule has 9 nitrogen and oxygen atoms in total. The lowest BCUT2D eigenvalue weighted by Gasteiger charge is -2.02. The number of rotatable bonds is 3. The highest BCUT2D eigenvalue weighted by atomic mass is 16.6. The molecule has 0 bridgehead atoms. The zero-order valence-corrected chi connectivity index (χ0v) is 9.78. The maximum absolute atomic E-state index is 11.8. The normalized spacial score (nSPS) is 10.2. The Hall–Kier alpha value is -2.97. The number of nitrogens with zero attached hydrogens (tertiary/aromatic N) is 3. The number of nitro groups is 1. The Morgan fingerprint density at radius 3 is 2.79 bits per heavy atom. The number of nitrogen functional groups attached to an aromatic ring is 1. The van der Waals surface area contributed by atoms with E-state index in [9.17, 15) is 14.9 Å². The molecule has 3 N–H and O–H groups in total. The Labute approximate surface area is 106 Å². The van der Waals surface area contributed by atoms with Crippen LogP contribution in [-0.4, -0.2) is 21.0 Å². The smallest absolute Gasteiger partial charge is 0.322 e. The molecule has 98 valence electrons. The lowest BCUT2D eigenvalue weighted by atomic mass is 10.1. The number of amides is 1. The van der Waals surface area contributed by atoms with E-state index in [1.807, 2.05) is 0 Å². The molecule has 0 saturated carbocycles. The fourth-order valence-corrected chi connectivity index (χ4v) is 1.36. The van der Waals surface area contributed by atoms with Crippen molar-refractivity contribution in [3.05, 3.63) is 39.8 Å². The highest BCUT2D eigenvalue weighted by Crippen LogP contribution is 2.22. The van der Waals surface area contributed by atoms with Crippen LogP contribution in [0.25, 0.3) is 0 Å². The molecule has 1 heterocycles. The van der Waals surface area contributed by atoms with Crippen LogP contribution in [0.15, 0.2) is 22.6 Å². The predicted molar refractivity (Wildman–Crippen MR) is 64.5 cm³/mol. The average molecular weight is 263 g/mol. The number of anilines is 2. The van der Waals surface area contributed by atoms with Gasteiger partial charge in [0, 0.05) is 18.6 Å². The molecule has 0 saturated heterocycles. The van der Waals surface area contributed by atoms with E-state index in [2.05, 4.69) is 15.5 Å². The second kappa shape index (κ2) is 4.72. The van der Waals surface area contributed by atoms with Crippen molar-refractivity contribution in [2.24, 2.45) is 0 Å². The Morgan fingerprint density at radius 1 is 1.47 bits per heavy atom. The molecule has 1 amide bonds. The number of hydrogen-bond donors (Lipinski definition) is 2. The minimum absolute atomic E-state index is 0.0183. The monoisotopic (exact) mass is 263 g/mol. The lowest BCUT2D eigenvalue weighted by Crippen LogP contribution is -2.12. The number of carbonyl (C=O) groups excluding carboxylic acids is 1. The summed E-state index contributed by atoms with van der Waals surface area (Å²) < 4.78 is 4.96. The van der Waals surface area contributed by atoms with Crippen LogP contribution in [0.5, 0.6) is 0 Å². The Balaban J connectivity index is 2.24. The third kappa shape index (κ3) is 2.65. The molecule has 1 aromatic carbocycles. The first-order valence-electron chi connectivity index (χ1n) is 5.13. The Morgan fingerprint density at radius 2 is 2.21 bits per heavy atom. The van der Waals surface area contributed by atoms with E-state index in [0.717, 1.165) is 6.07 Å². The van der Waals surface area contributed by atoms with E-state index in [1.165, 1.54) is 12.1 Å². The van der Waals surface area contributed by atoms with Gasteiger partial charge >= 0.3 is 6.01 Å². The van der Waals surface area contributed by atoms with Gasteiger partial charge in [0.2, 0.25) is 5.89 Å². The molecule has 0 atom stereocenters. The van der Waals surface area contributed by atoms with Gasteiger partial charge in [0.25, 0.3) is 11.6 Å². The van der Waals surface area contributed by atoms with Gasteiger partial charge in [-0.15, -0.1) is 5.10 Å². The number of nitrogens with two attached hydrogens (primary N) is 1. The number of aromatic nitrogens is 2. The highest BCUT2D eigenvalue weighted by Gasteiger charge is 2.17. The van der Waals surface area contributed by atoms with E-state index in [-0.39, 0.29) is 23.0 Å². The molecule has 0 spiro atoms. The van der Waals surface area contributed by atoms with Crippen molar-refractivity contribution >= 4 is 23.3 Å². The van der Waals surface area contributed by atoms with Gasteiger partial charge in [0.05, 0.1) is 4.92 Å². The van der Waals surface area contributed by atoms with Gasteiger partial charge in [-0.05, 0) is 12.1 Å². The van der Waals surface area contributed by atoms with Crippen molar-refractivity contribution in [2.75, 3.05) is 11.1 Å². The molecule has 2 rings (SSSR count). The lowest BCUT2D eigenvalue weighted by molar-refractivity contribution is -0.383. The number of carbonyl (C=O) groups is 1. The van der Waals surface area contributed by atoms with Crippen LogP contribution in [0.1, 0.15) is 16.2 Å². The first-order valence-corrected chi connectivity index (χ1v) is 5.13. The van der Waals surface area contributed by atoms with Gasteiger partial charge in [0.1, 0.15) is 5.69 Å². The van der Waals surface area contributed by atoms with Crippen LogP contribution in [0, 0.1) is 17.0 Å². The highest BCUT2D eigenvalue weighted by molar-refractivity contribution is 6.03. The number of benzene rings is 1. The van der Waals surface area contributed by atoms with Gasteiger partial charge in [-0.1, -0.05) is 5.10 Å². The number of aryl methyl sites for hydroxylation is 1. The molecule has 1 aromatic heterocycles. The van der Waals surface area contributed by atoms with E-state index >= 15 is 0 Å². The van der Waals surface area contributed by atoms with E-state index < -0.39 is 10.8 Å². The topological polar surface area (TPSA) is 137 Å². The molecule has 0 aliphatic heterocycles. The second-order valence-electron chi connectivity index (χ2n) is 3.61. The molecule has 0 fully saturated rings. The summed E-state index contributed by atoms with van der Waals surface area (Å²) in [5, 5.41) is 20.1. The minimum Gasteiger partial charge on any atom is -0.408 e. The first-order chi connectivity index (χ1) is 8.97. The van der Waals surface area contributed by atoms with Gasteiger partial charge in [-0.25, -0.2) is 0 Å². The first kappa shape index (κ1) is 12.5. The summed E-state index contributed by atoms with van der Waals surface area (Å²) >= 11 is 0. The van der Waals surface area contributed by atoms with Gasteiger partial charge < -0.3 is 10.2 Å². The summed E-state index contributed by atoms with van der Waals surface area (Å²) in [6.45, 7) is 1.57. The zero-order valence-electron chi connectivity index (χ0n) is 9.78. The van der Waals surface area contributed by atoms with Gasteiger partial charge in [-0.3, -0.25) is 20.2 Å². The summed E-state index contributed by atoms with van der Waals surface area (Å²) in [6.07, 6.45) is 0. The summed E-state index contributed by atoms with van der Waals surface area (Å²) in [7, 11) is 0. The van der Waals surface area contributed by atoms with E-state index in [1.54, 1.807) is 6.92 Å². The Bertz CT molecular complexity index is 651. The molecule has 0 unspecified atom stereocenters. The predicted octanol–water partition coefficient (Wildman–Crippen LogP) is 1.12. The fraction of sp³-hybridized carbons (Fsp3) is 0.100. The molecule has 2 aromatic rings. The van der Waals surface area contributed by atoms with Crippen molar-refractivity contribution in [3.8, 4) is 0 Å². The van der Waals surface area contributed by atoms with Crippen LogP contribution in [0.2, 0.25) is 0 Å². The van der Waals surface area contributed by atoms with Crippen LogP contribution in [0.4, 0.5) is 17.4 Å². The summed E-state index contributed by atoms with van der Waals surface area (Å²) in [6, 6.07) is 3.64. The van der Waals surface area contributed by atoms with E-state index in [4.69, 9.17) is 10.2 Å². The van der Waals surface area contributed by atoms with Crippen LogP contribution in [0.3, 0.4) is 0 Å². The number of hydrogen-bond acceptors (Lipinski definition) is 7. The third-order valence-corrected chi connectivity index (χ3v) is 2.24. The number of nitrogens with one attached hydrogen (secondary N) is 1. The van der Waals surface area contributed by atoms with Crippen molar-refractivity contribution in [1.29, 1.82) is 0 Å². The van der Waals surface area contributed by atoms with Crippen molar-refractivity contribution in [1.82, 2.24) is 10.2 Å². The summed E-state index contributed by atoms with van der Waals surface area (Å²) in [5.41, 5.74) is 5.14. The fourth-order valence-electron chi connectivity index (χ4n) is 1.36. The van der Waals surface area contributed by atoms with Gasteiger partial charge in [0.15, 0.2) is 0 Å². The molecule has 19 heavy (non-hydrogen) atoms. The summed E-state index contributed by atoms with van der Waals surface area (Å²) in [4.78, 5) is 21.9. The molecular formula is C10H9N5O4. The zero-order chi connectivity index (χ0) is 14.0. The van der Waals surface area contributed by atoms with E-state index in [0.29, 0.717) is 5.89 Å². The van der Waals surface area contributed by atoms with Crippen LogP contribution < -0.4 is 11.1 Å². The largest absolute Gasteiger partial charge is 0.408 e. The van der Waals surface area contributed by atoms with Crippen molar-refractivity contribution in [2.45, 2.75) is 6.92 Å². The molecule has 0 aliphatic carbocycles. The number of nitro benzene ring substituents is 1. The molecular weight excluding hydrogens is 254 g/mol. The molecule has 0 aliphatic rings. The quantitative estimate of drug-likeness (QED) is 0.480. The maximum Gasteiger partial charge on any atom is 0.322 e. The average Bonchev–Trinajstić information content (AvgIpc) is 2.74. The van der Waals surface area contributed by atoms with Crippen molar-refractivity contribution < 1.29 is 14.1 Å². The van der Waals surface area contributed by atoms with Crippen LogP contribution >= 0.6 is 0 Å². The minimum atomic E-state index is -0.664. The molecule has 9 heteroatoms. The van der Waals surface area contributed by atoms with Gasteiger partial charge in [-0.2, -0.15) is 0 Å². The molecule has 0 radical (unpaired) electrons. The van der Waals surface area contributed by atoms with Crippen molar-refractivity contribution in [3.63, 3.8) is 0 Å². The third-order valence-electron chi connectivity index (χ3n) is 2.24. The summed E-state index contributed by atoms with van der Waals surface area (Å²) in [5.74, 6) is -0.315. The standard InChI is InChI=1S/C10H9N5O4/c1-5-13-14-10(19-5)12-9(16)6-2-3-7(11)8(4-6)15(17)18/h2-4H,11H2,1H3,(H,12,14,16). The maximum atomic E-state index is 11.8. The van der Waals surface area contributed by atoms with Crippen LogP contribution in [-0.2, 0) is 0 Å².